The van der Waals surface area contributed by atoms with Crippen molar-refractivity contribution in [1.29, 1.82) is 0 Å². The van der Waals surface area contributed by atoms with E-state index in [4.69, 9.17) is 16.3 Å². The molecule has 2 heterocycles. The molecule has 0 spiro atoms. The number of imide groups is 2. The maximum Gasteiger partial charge on any atom is 0.293 e. The molecule has 0 atom stereocenters. The molecule has 0 saturated carbocycles. The van der Waals surface area contributed by atoms with E-state index in [0.29, 0.717) is 16.3 Å². The average Bonchev–Trinajstić information content (AvgIpc) is 3.22. The minimum Gasteiger partial charge on any atom is -0.496 e. The van der Waals surface area contributed by atoms with Crippen LogP contribution in [0.3, 0.4) is 0 Å². The first-order chi connectivity index (χ1) is 15.9. The van der Waals surface area contributed by atoms with Crippen LogP contribution in [0.2, 0.25) is 5.02 Å². The van der Waals surface area contributed by atoms with Crippen molar-refractivity contribution in [2.45, 2.75) is 0 Å². The molecule has 2 aromatic rings. The lowest BCUT2D eigenvalue weighted by molar-refractivity contribution is -0.125. The van der Waals surface area contributed by atoms with Crippen molar-refractivity contribution in [3.63, 3.8) is 0 Å². The van der Waals surface area contributed by atoms with Gasteiger partial charge in [0.05, 0.1) is 16.9 Å². The van der Waals surface area contributed by atoms with Crippen molar-refractivity contribution < 1.29 is 23.9 Å². The molecule has 2 fully saturated rings. The molecule has 2 saturated heterocycles. The molecule has 0 aromatic heterocycles. The van der Waals surface area contributed by atoms with Gasteiger partial charge < -0.3 is 4.74 Å². The fourth-order valence-corrected chi connectivity index (χ4v) is 5.07. The van der Waals surface area contributed by atoms with Gasteiger partial charge >= 0.3 is 0 Å². The van der Waals surface area contributed by atoms with Gasteiger partial charge in [-0.05, 0) is 59.4 Å². The summed E-state index contributed by atoms with van der Waals surface area (Å²) < 4.78 is 5.28. The molecule has 7 nitrogen and oxygen atoms in total. The maximum atomic E-state index is 12.8. The fraction of sp³-hybridized carbons (Fsp3) is 0.130. The number of thioether (sulfide) groups is 2. The minimum absolute atomic E-state index is 0.0808. The molecule has 0 unspecified atom stereocenters. The smallest absolute Gasteiger partial charge is 0.293 e. The number of hydrogen-bond acceptors (Lipinski definition) is 7. The number of amides is 4. The monoisotopic (exact) mass is 500 g/mol. The Morgan fingerprint density at radius 1 is 0.818 bits per heavy atom. The first-order valence-corrected chi connectivity index (χ1v) is 11.8. The summed E-state index contributed by atoms with van der Waals surface area (Å²) in [6.07, 6.45) is 3.20. The van der Waals surface area contributed by atoms with Gasteiger partial charge in [-0.1, -0.05) is 41.9 Å². The normalized spacial score (nSPS) is 18.8. The van der Waals surface area contributed by atoms with Gasteiger partial charge in [0.1, 0.15) is 5.75 Å². The van der Waals surface area contributed by atoms with Crippen LogP contribution in [0.4, 0.5) is 9.59 Å². The Morgan fingerprint density at radius 2 is 1.36 bits per heavy atom. The van der Waals surface area contributed by atoms with Gasteiger partial charge in [-0.25, -0.2) is 0 Å². The summed E-state index contributed by atoms with van der Waals surface area (Å²) >= 11 is 7.50. The van der Waals surface area contributed by atoms with Crippen molar-refractivity contribution in [3.8, 4) is 5.75 Å². The van der Waals surface area contributed by atoms with Gasteiger partial charge in [-0.15, -0.1) is 0 Å². The third kappa shape index (κ3) is 5.00. The zero-order valence-corrected chi connectivity index (χ0v) is 19.7. The Hall–Kier alpha value is -3.01. The highest BCUT2D eigenvalue weighted by atomic mass is 35.5. The number of ether oxygens (including phenoxy) is 1. The second-order valence-corrected chi connectivity index (χ2v) is 9.38. The van der Waals surface area contributed by atoms with Gasteiger partial charge in [-0.3, -0.25) is 29.0 Å². The summed E-state index contributed by atoms with van der Waals surface area (Å²) in [5.41, 5.74) is 1.40. The van der Waals surface area contributed by atoms with Crippen molar-refractivity contribution in [3.05, 3.63) is 74.5 Å². The van der Waals surface area contributed by atoms with Crippen LogP contribution >= 0.6 is 35.1 Å². The standard InChI is InChI=1S/C23H17ClN2O5S2/c1-31-17-5-3-2-4-15(17)13-19-21(28)26(23(30)33-19)11-10-25-20(27)18(32-22(25)29)12-14-6-8-16(24)9-7-14/h2-9,12-13H,10-11H2,1H3/b18-12-,19-13+. The summed E-state index contributed by atoms with van der Waals surface area (Å²) in [7, 11) is 1.52. The molecule has 4 amide bonds. The molecular formula is C23H17ClN2O5S2. The molecule has 0 N–H and O–H groups in total. The number of benzene rings is 2. The van der Waals surface area contributed by atoms with Crippen LogP contribution in [0.15, 0.2) is 58.3 Å². The van der Waals surface area contributed by atoms with E-state index in [1.165, 1.54) is 7.11 Å². The number of nitrogens with zero attached hydrogens (tertiary/aromatic N) is 2. The average molecular weight is 501 g/mol. The molecule has 33 heavy (non-hydrogen) atoms. The topological polar surface area (TPSA) is 84.0 Å². The van der Waals surface area contributed by atoms with E-state index in [1.807, 2.05) is 0 Å². The number of carbonyl (C=O) groups is 4. The second kappa shape index (κ2) is 9.86. The molecular weight excluding hydrogens is 484 g/mol. The molecule has 0 radical (unpaired) electrons. The molecule has 0 bridgehead atoms. The van der Waals surface area contributed by atoms with Crippen LogP contribution in [0, 0.1) is 0 Å². The Labute approximate surface area is 203 Å². The van der Waals surface area contributed by atoms with Crippen LogP contribution < -0.4 is 4.74 Å². The van der Waals surface area contributed by atoms with Crippen molar-refractivity contribution in [1.82, 2.24) is 9.80 Å². The van der Waals surface area contributed by atoms with Crippen molar-refractivity contribution >= 4 is 69.6 Å². The summed E-state index contributed by atoms with van der Waals surface area (Å²) in [5.74, 6) is -0.356. The summed E-state index contributed by atoms with van der Waals surface area (Å²) in [4.78, 5) is 52.9. The predicted molar refractivity (Wildman–Crippen MR) is 130 cm³/mol. The second-order valence-electron chi connectivity index (χ2n) is 6.96. The van der Waals surface area contributed by atoms with Gasteiger partial charge in [0.2, 0.25) is 0 Å². The fourth-order valence-electron chi connectivity index (χ4n) is 3.22. The third-order valence-corrected chi connectivity index (χ3v) is 6.95. The number of methoxy groups -OCH3 is 1. The molecule has 0 aliphatic carbocycles. The summed E-state index contributed by atoms with van der Waals surface area (Å²) in [5, 5.41) is -0.334. The van der Waals surface area contributed by atoms with Crippen molar-refractivity contribution in [2.75, 3.05) is 20.2 Å². The Bertz CT molecular complexity index is 1210. The lowest BCUT2D eigenvalue weighted by Crippen LogP contribution is -2.39. The number of para-hydroxylation sites is 1. The molecule has 10 heteroatoms. The zero-order chi connectivity index (χ0) is 23.5. The lowest BCUT2D eigenvalue weighted by atomic mass is 10.2. The van der Waals surface area contributed by atoms with Crippen LogP contribution in [0.25, 0.3) is 12.2 Å². The van der Waals surface area contributed by atoms with Crippen LogP contribution in [-0.2, 0) is 9.59 Å². The first-order valence-electron chi connectivity index (χ1n) is 9.76. The SMILES string of the molecule is COc1ccccc1/C=C1/SC(=O)N(CCN2C(=O)S/C(=C\c3ccc(Cl)cc3)C2=O)C1=O. The largest absolute Gasteiger partial charge is 0.496 e. The number of hydrogen-bond donors (Lipinski definition) is 0. The highest BCUT2D eigenvalue weighted by Crippen LogP contribution is 2.35. The molecule has 4 rings (SSSR count). The maximum absolute atomic E-state index is 12.8. The van der Waals surface area contributed by atoms with Gasteiger partial charge in [0, 0.05) is 23.7 Å². The number of carbonyl (C=O) groups excluding carboxylic acids is 4. The number of halogens is 1. The highest BCUT2D eigenvalue weighted by Gasteiger charge is 2.39. The van der Waals surface area contributed by atoms with E-state index in [0.717, 1.165) is 38.9 Å². The Kier molecular flexibility index (Phi) is 6.92. The number of rotatable bonds is 6. The van der Waals surface area contributed by atoms with Crippen LogP contribution in [0.1, 0.15) is 11.1 Å². The van der Waals surface area contributed by atoms with E-state index in [2.05, 4.69) is 0 Å². The quantitative estimate of drug-likeness (QED) is 0.509. The van der Waals surface area contributed by atoms with Crippen LogP contribution in [0.5, 0.6) is 5.75 Å². The van der Waals surface area contributed by atoms with E-state index in [-0.39, 0.29) is 22.9 Å². The van der Waals surface area contributed by atoms with Gasteiger partial charge in [0.15, 0.2) is 0 Å². The highest BCUT2D eigenvalue weighted by molar-refractivity contribution is 8.18. The first kappa shape index (κ1) is 23.2. The van der Waals surface area contributed by atoms with E-state index >= 15 is 0 Å². The van der Waals surface area contributed by atoms with E-state index in [1.54, 1.807) is 60.7 Å². The molecule has 2 aliphatic heterocycles. The van der Waals surface area contributed by atoms with Crippen molar-refractivity contribution in [2.24, 2.45) is 0 Å². The Morgan fingerprint density at radius 3 is 1.94 bits per heavy atom. The lowest BCUT2D eigenvalue weighted by Gasteiger charge is -2.17. The third-order valence-electron chi connectivity index (χ3n) is 4.89. The molecule has 168 valence electrons. The van der Waals surface area contributed by atoms with Crippen LogP contribution in [-0.4, -0.2) is 52.3 Å². The van der Waals surface area contributed by atoms with Gasteiger partial charge in [-0.2, -0.15) is 0 Å². The van der Waals surface area contributed by atoms with E-state index in [9.17, 15) is 19.2 Å². The molecule has 2 aromatic carbocycles. The molecule has 2 aliphatic rings. The van der Waals surface area contributed by atoms with E-state index < -0.39 is 22.3 Å². The Balaban J connectivity index is 1.44. The predicted octanol–water partition coefficient (Wildman–Crippen LogP) is 5.12. The summed E-state index contributed by atoms with van der Waals surface area (Å²) in [6, 6.07) is 14.0. The van der Waals surface area contributed by atoms with Gasteiger partial charge in [0.25, 0.3) is 22.3 Å². The zero-order valence-electron chi connectivity index (χ0n) is 17.3. The minimum atomic E-state index is -0.473. The summed E-state index contributed by atoms with van der Waals surface area (Å²) in [6.45, 7) is -0.164.